The van der Waals surface area contributed by atoms with Crippen LogP contribution < -0.4 is 0 Å². The van der Waals surface area contributed by atoms with Crippen LogP contribution in [0.1, 0.15) is 31.2 Å². The first-order valence-electron chi connectivity index (χ1n) is 9.57. The van der Waals surface area contributed by atoms with Crippen LogP contribution in [-0.4, -0.2) is 68.9 Å². The molecule has 0 aromatic heterocycles. The van der Waals surface area contributed by atoms with E-state index in [9.17, 15) is 18.0 Å². The fourth-order valence-corrected chi connectivity index (χ4v) is 4.78. The largest absolute Gasteiger partial charge is 0.459 e. The Bertz CT molecular complexity index is 804. The summed E-state index contributed by atoms with van der Waals surface area (Å²) >= 11 is 0. The maximum Gasteiger partial charge on any atom is 0.325 e. The molecule has 0 bridgehead atoms. The molecule has 1 amide bonds. The zero-order valence-electron chi connectivity index (χ0n) is 15.8. The van der Waals surface area contributed by atoms with Crippen molar-refractivity contribution in [1.82, 2.24) is 9.21 Å². The van der Waals surface area contributed by atoms with Crippen molar-refractivity contribution in [2.75, 3.05) is 39.4 Å². The van der Waals surface area contributed by atoms with Crippen molar-refractivity contribution < 1.29 is 27.5 Å². The summed E-state index contributed by atoms with van der Waals surface area (Å²) in [5.74, 6) is -0.509. The molecule has 0 saturated carbocycles. The molecule has 0 N–H and O–H groups in total. The van der Waals surface area contributed by atoms with E-state index in [1.807, 2.05) is 0 Å². The van der Waals surface area contributed by atoms with E-state index >= 15 is 0 Å². The second kappa shape index (κ2) is 9.49. The van der Waals surface area contributed by atoms with Crippen LogP contribution in [0.4, 0.5) is 0 Å². The summed E-state index contributed by atoms with van der Waals surface area (Å²) < 4.78 is 37.3. The van der Waals surface area contributed by atoms with E-state index in [1.165, 1.54) is 21.3 Å². The minimum atomic E-state index is -3.60. The van der Waals surface area contributed by atoms with E-state index in [0.717, 1.165) is 19.3 Å². The first-order chi connectivity index (χ1) is 13.5. The summed E-state index contributed by atoms with van der Waals surface area (Å²) in [6.07, 6.45) is 3.20. The minimum Gasteiger partial charge on any atom is -0.459 e. The number of hydrogen-bond donors (Lipinski definition) is 0. The number of carbonyl (C=O) groups excluding carboxylic acids is 2. The molecule has 2 aliphatic heterocycles. The average Bonchev–Trinajstić information content (AvgIpc) is 2.91. The minimum absolute atomic E-state index is 0.0203. The summed E-state index contributed by atoms with van der Waals surface area (Å²) in [6, 6.07) is 6.40. The van der Waals surface area contributed by atoms with Gasteiger partial charge in [0.05, 0.1) is 18.1 Å². The van der Waals surface area contributed by atoms with Crippen molar-refractivity contribution in [2.45, 2.75) is 37.2 Å². The maximum atomic E-state index is 12.7. The van der Waals surface area contributed by atoms with Crippen LogP contribution in [0, 0.1) is 0 Å². The Morgan fingerprint density at radius 1 is 1.11 bits per heavy atom. The highest BCUT2D eigenvalue weighted by Crippen LogP contribution is 2.19. The SMILES string of the molecule is O=C(CN1CCCCCC1=O)OCc1cccc(S(=O)(=O)N2CCOCC2)c1. The molecule has 1 aromatic rings. The summed E-state index contributed by atoms with van der Waals surface area (Å²) in [7, 11) is -3.60. The Balaban J connectivity index is 1.58. The number of sulfonamides is 1. The third-order valence-electron chi connectivity index (χ3n) is 4.90. The summed E-state index contributed by atoms with van der Waals surface area (Å²) in [4.78, 5) is 25.8. The standard InChI is InChI=1S/C19H26N2O6S/c22-18-7-2-1-3-8-20(18)14-19(23)27-15-16-5-4-6-17(13-16)28(24,25)21-9-11-26-12-10-21/h4-6,13H,1-3,7-12,14-15H2. The molecule has 0 unspecified atom stereocenters. The third kappa shape index (κ3) is 5.30. The number of benzene rings is 1. The molecule has 9 heteroatoms. The van der Waals surface area contributed by atoms with E-state index in [-0.39, 0.29) is 24.0 Å². The molecule has 0 aliphatic carbocycles. The molecule has 154 valence electrons. The number of hydrogen-bond acceptors (Lipinski definition) is 6. The molecule has 1 aromatic carbocycles. The van der Waals surface area contributed by atoms with Gasteiger partial charge in [-0.05, 0) is 30.5 Å². The molecule has 0 atom stereocenters. The first kappa shape index (κ1) is 20.8. The summed E-state index contributed by atoms with van der Waals surface area (Å²) in [5.41, 5.74) is 0.588. The molecule has 2 aliphatic rings. The van der Waals surface area contributed by atoms with Gasteiger partial charge in [0.1, 0.15) is 13.2 Å². The highest BCUT2D eigenvalue weighted by molar-refractivity contribution is 7.89. The van der Waals surface area contributed by atoms with Gasteiger partial charge in [0.15, 0.2) is 0 Å². The Morgan fingerprint density at radius 2 is 1.89 bits per heavy atom. The van der Waals surface area contributed by atoms with Gasteiger partial charge in [0.2, 0.25) is 15.9 Å². The van der Waals surface area contributed by atoms with Gasteiger partial charge >= 0.3 is 5.97 Å². The smallest absolute Gasteiger partial charge is 0.325 e. The molecule has 0 radical (unpaired) electrons. The zero-order valence-corrected chi connectivity index (χ0v) is 16.7. The van der Waals surface area contributed by atoms with Crippen LogP contribution >= 0.6 is 0 Å². The van der Waals surface area contributed by atoms with E-state index < -0.39 is 16.0 Å². The van der Waals surface area contributed by atoms with Crippen molar-refractivity contribution in [1.29, 1.82) is 0 Å². The van der Waals surface area contributed by atoms with E-state index in [2.05, 4.69) is 0 Å². The molecule has 3 rings (SSSR count). The van der Waals surface area contributed by atoms with Gasteiger partial charge in [0, 0.05) is 26.1 Å². The van der Waals surface area contributed by atoms with Gasteiger partial charge < -0.3 is 14.4 Å². The number of morpholine rings is 1. The van der Waals surface area contributed by atoms with Crippen LogP contribution in [0.5, 0.6) is 0 Å². The molecule has 2 saturated heterocycles. The predicted octanol–water partition coefficient (Wildman–Crippen LogP) is 1.15. The van der Waals surface area contributed by atoms with Crippen molar-refractivity contribution in [3.8, 4) is 0 Å². The topological polar surface area (TPSA) is 93.2 Å². The van der Waals surface area contributed by atoms with Crippen molar-refractivity contribution in [3.63, 3.8) is 0 Å². The van der Waals surface area contributed by atoms with Gasteiger partial charge in [-0.25, -0.2) is 8.42 Å². The number of rotatable bonds is 6. The summed E-state index contributed by atoms with van der Waals surface area (Å²) in [6.45, 7) is 1.88. The maximum absolute atomic E-state index is 12.7. The van der Waals surface area contributed by atoms with Gasteiger partial charge in [-0.2, -0.15) is 4.31 Å². The molecule has 2 heterocycles. The van der Waals surface area contributed by atoms with Gasteiger partial charge in [0.25, 0.3) is 0 Å². The lowest BCUT2D eigenvalue weighted by Crippen LogP contribution is -2.40. The van der Waals surface area contributed by atoms with Crippen LogP contribution in [0.25, 0.3) is 0 Å². The van der Waals surface area contributed by atoms with Gasteiger partial charge in [-0.3, -0.25) is 9.59 Å². The fourth-order valence-electron chi connectivity index (χ4n) is 3.30. The highest BCUT2D eigenvalue weighted by Gasteiger charge is 2.26. The number of esters is 1. The van der Waals surface area contributed by atoms with Crippen molar-refractivity contribution in [3.05, 3.63) is 29.8 Å². The molecule has 0 spiro atoms. The Kier molecular flexibility index (Phi) is 7.03. The summed E-state index contributed by atoms with van der Waals surface area (Å²) in [5, 5.41) is 0. The fraction of sp³-hybridized carbons (Fsp3) is 0.579. The normalized spacial score (nSPS) is 19.3. The second-order valence-corrected chi connectivity index (χ2v) is 8.89. The van der Waals surface area contributed by atoms with E-state index in [4.69, 9.17) is 9.47 Å². The van der Waals surface area contributed by atoms with E-state index in [0.29, 0.717) is 44.8 Å². The Hall–Kier alpha value is -1.97. The first-order valence-corrected chi connectivity index (χ1v) is 11.0. The Morgan fingerprint density at radius 3 is 2.68 bits per heavy atom. The molecular weight excluding hydrogens is 384 g/mol. The highest BCUT2D eigenvalue weighted by atomic mass is 32.2. The molecular formula is C19H26N2O6S. The number of carbonyl (C=O) groups is 2. The van der Waals surface area contributed by atoms with Crippen LogP contribution in [0.3, 0.4) is 0 Å². The number of nitrogens with zero attached hydrogens (tertiary/aromatic N) is 2. The number of likely N-dealkylation sites (tertiary alicyclic amines) is 1. The average molecular weight is 410 g/mol. The quantitative estimate of drug-likeness (QED) is 0.653. The van der Waals surface area contributed by atoms with Gasteiger partial charge in [-0.15, -0.1) is 0 Å². The predicted molar refractivity (Wildman–Crippen MR) is 101 cm³/mol. The van der Waals surface area contributed by atoms with Crippen molar-refractivity contribution in [2.24, 2.45) is 0 Å². The lowest BCUT2D eigenvalue weighted by molar-refractivity contribution is -0.150. The third-order valence-corrected chi connectivity index (χ3v) is 6.79. The molecule has 28 heavy (non-hydrogen) atoms. The number of amides is 1. The Labute approximate surface area is 165 Å². The lowest BCUT2D eigenvalue weighted by Gasteiger charge is -2.26. The molecule has 2 fully saturated rings. The zero-order chi connectivity index (χ0) is 20.0. The monoisotopic (exact) mass is 410 g/mol. The van der Waals surface area contributed by atoms with Gasteiger partial charge in [-0.1, -0.05) is 18.6 Å². The van der Waals surface area contributed by atoms with Crippen LogP contribution in [0.2, 0.25) is 0 Å². The van der Waals surface area contributed by atoms with Crippen LogP contribution in [0.15, 0.2) is 29.2 Å². The van der Waals surface area contributed by atoms with Crippen LogP contribution in [-0.2, 0) is 35.7 Å². The molecule has 8 nitrogen and oxygen atoms in total. The lowest BCUT2D eigenvalue weighted by atomic mass is 10.2. The van der Waals surface area contributed by atoms with Crippen molar-refractivity contribution >= 4 is 21.9 Å². The van der Waals surface area contributed by atoms with E-state index in [1.54, 1.807) is 12.1 Å². The number of ether oxygens (including phenoxy) is 2. The second-order valence-electron chi connectivity index (χ2n) is 6.95.